The van der Waals surface area contributed by atoms with Gasteiger partial charge in [-0.15, -0.1) is 0 Å². The monoisotopic (exact) mass is 317 g/mol. The number of nitrogens with zero attached hydrogens (tertiary/aromatic N) is 3. The van der Waals surface area contributed by atoms with E-state index < -0.39 is 23.5 Å². The molecule has 2 fully saturated rings. The summed E-state index contributed by atoms with van der Waals surface area (Å²) >= 11 is 0. The Balaban J connectivity index is 1.73. The van der Waals surface area contributed by atoms with Gasteiger partial charge < -0.3 is 14.4 Å². The molecule has 0 aromatic carbocycles. The quantitative estimate of drug-likeness (QED) is 0.777. The zero-order valence-electron chi connectivity index (χ0n) is 11.6. The summed E-state index contributed by atoms with van der Waals surface area (Å²) in [5.41, 5.74) is -0.468. The van der Waals surface area contributed by atoms with Gasteiger partial charge in [0, 0.05) is 32.0 Å². The maximum Gasteiger partial charge on any atom is 0.451 e. The second-order valence-corrected chi connectivity index (χ2v) is 5.35. The summed E-state index contributed by atoms with van der Waals surface area (Å²) in [6.07, 6.45) is -2.11. The molecule has 0 aliphatic carbocycles. The van der Waals surface area contributed by atoms with Gasteiger partial charge in [0.2, 0.25) is 5.82 Å². The number of hydrogen-bond donors (Lipinski definition) is 0. The van der Waals surface area contributed by atoms with Gasteiger partial charge in [-0.3, -0.25) is 4.79 Å². The highest BCUT2D eigenvalue weighted by Gasteiger charge is 2.42. The molecule has 1 spiro atoms. The van der Waals surface area contributed by atoms with Crippen LogP contribution in [0.1, 0.15) is 22.6 Å². The molecule has 0 radical (unpaired) electrons. The normalized spacial score (nSPS) is 25.7. The number of halogens is 3. The van der Waals surface area contributed by atoms with Crippen molar-refractivity contribution in [3.63, 3.8) is 0 Å². The summed E-state index contributed by atoms with van der Waals surface area (Å²) in [6, 6.07) is 0. The van der Waals surface area contributed by atoms with Crippen molar-refractivity contribution in [2.45, 2.75) is 18.2 Å². The smallest absolute Gasteiger partial charge is 0.378 e. The lowest BCUT2D eigenvalue weighted by Crippen LogP contribution is -2.54. The molecule has 2 saturated heterocycles. The summed E-state index contributed by atoms with van der Waals surface area (Å²) in [5.74, 6) is -1.66. The summed E-state index contributed by atoms with van der Waals surface area (Å²) in [6.45, 7) is 2.09. The molecule has 1 atom stereocenters. The Morgan fingerprint density at radius 2 is 2.00 bits per heavy atom. The van der Waals surface area contributed by atoms with Crippen LogP contribution in [0.3, 0.4) is 0 Å². The van der Waals surface area contributed by atoms with E-state index in [0.717, 1.165) is 12.4 Å². The van der Waals surface area contributed by atoms with Crippen molar-refractivity contribution >= 4 is 5.91 Å². The first-order chi connectivity index (χ1) is 10.4. The van der Waals surface area contributed by atoms with Crippen LogP contribution in [0.5, 0.6) is 0 Å². The van der Waals surface area contributed by atoms with E-state index in [1.165, 1.54) is 0 Å². The third-order valence-electron chi connectivity index (χ3n) is 3.76. The van der Waals surface area contributed by atoms with Gasteiger partial charge >= 0.3 is 6.18 Å². The first-order valence-corrected chi connectivity index (χ1v) is 6.80. The van der Waals surface area contributed by atoms with E-state index in [1.807, 2.05) is 0 Å². The predicted octanol–water partition coefficient (Wildman–Crippen LogP) is 1.13. The standard InChI is InChI=1S/C13H14F3N3O3/c14-13(15,16)11-17-5-9(6-18-11)10(20)19-2-4-22-12(7-19)1-3-21-8-12/h5-6H,1-4,7-8H2. The minimum absolute atomic E-state index is 0.0314. The van der Waals surface area contributed by atoms with Crippen LogP contribution in [0.25, 0.3) is 0 Å². The molecule has 1 amide bonds. The fourth-order valence-electron chi connectivity index (χ4n) is 2.61. The second-order valence-electron chi connectivity index (χ2n) is 5.35. The molecule has 1 aromatic rings. The summed E-state index contributed by atoms with van der Waals surface area (Å²) in [4.78, 5) is 20.3. The van der Waals surface area contributed by atoms with E-state index in [2.05, 4.69) is 9.97 Å². The van der Waals surface area contributed by atoms with Crippen LogP contribution >= 0.6 is 0 Å². The highest BCUT2D eigenvalue weighted by molar-refractivity contribution is 5.93. The number of hydrogen-bond acceptors (Lipinski definition) is 5. The number of aromatic nitrogens is 2. The first-order valence-electron chi connectivity index (χ1n) is 6.80. The largest absolute Gasteiger partial charge is 0.451 e. The van der Waals surface area contributed by atoms with Crippen LogP contribution in [0.4, 0.5) is 13.2 Å². The topological polar surface area (TPSA) is 64.6 Å². The van der Waals surface area contributed by atoms with Gasteiger partial charge in [0.15, 0.2) is 0 Å². The van der Waals surface area contributed by atoms with Crippen LogP contribution in [0.15, 0.2) is 12.4 Å². The number of amides is 1. The number of carbonyl (C=O) groups excluding carboxylic acids is 1. The van der Waals surface area contributed by atoms with Crippen LogP contribution in [-0.4, -0.2) is 59.3 Å². The van der Waals surface area contributed by atoms with Gasteiger partial charge in [0.25, 0.3) is 5.91 Å². The van der Waals surface area contributed by atoms with Crippen molar-refractivity contribution in [3.8, 4) is 0 Å². The van der Waals surface area contributed by atoms with Gasteiger partial charge in [-0.2, -0.15) is 13.2 Å². The average molecular weight is 317 g/mol. The number of morpholine rings is 1. The van der Waals surface area contributed by atoms with Gasteiger partial charge in [-0.25, -0.2) is 9.97 Å². The lowest BCUT2D eigenvalue weighted by molar-refractivity contribution is -0.145. The highest BCUT2D eigenvalue weighted by atomic mass is 19.4. The Morgan fingerprint density at radius 3 is 2.59 bits per heavy atom. The predicted molar refractivity (Wildman–Crippen MR) is 67.1 cm³/mol. The second kappa shape index (κ2) is 5.47. The lowest BCUT2D eigenvalue weighted by Gasteiger charge is -2.39. The minimum Gasteiger partial charge on any atom is -0.378 e. The van der Waals surface area contributed by atoms with Gasteiger partial charge in [-0.05, 0) is 0 Å². The Bertz CT molecular complexity index is 556. The zero-order valence-corrected chi connectivity index (χ0v) is 11.6. The highest BCUT2D eigenvalue weighted by Crippen LogP contribution is 2.28. The lowest BCUT2D eigenvalue weighted by atomic mass is 10.0. The Morgan fingerprint density at radius 1 is 1.27 bits per heavy atom. The third-order valence-corrected chi connectivity index (χ3v) is 3.76. The average Bonchev–Trinajstić information content (AvgIpc) is 2.93. The number of carbonyl (C=O) groups is 1. The molecular weight excluding hydrogens is 303 g/mol. The molecule has 1 unspecified atom stereocenters. The van der Waals surface area contributed by atoms with Gasteiger partial charge in [-0.1, -0.05) is 0 Å². The molecule has 9 heteroatoms. The van der Waals surface area contributed by atoms with Crippen molar-refractivity contribution in [2.75, 3.05) is 32.9 Å². The van der Waals surface area contributed by atoms with Crippen molar-refractivity contribution in [3.05, 3.63) is 23.8 Å². The minimum atomic E-state index is -4.62. The van der Waals surface area contributed by atoms with Crippen molar-refractivity contribution in [1.29, 1.82) is 0 Å². The molecule has 1 aromatic heterocycles. The molecule has 0 saturated carbocycles. The van der Waals surface area contributed by atoms with Crippen LogP contribution in [0, 0.1) is 0 Å². The van der Waals surface area contributed by atoms with Crippen LogP contribution in [0.2, 0.25) is 0 Å². The first kappa shape index (κ1) is 15.2. The molecule has 22 heavy (non-hydrogen) atoms. The van der Waals surface area contributed by atoms with Crippen LogP contribution in [-0.2, 0) is 15.7 Å². The third kappa shape index (κ3) is 2.91. The molecular formula is C13H14F3N3O3. The molecule has 3 rings (SSSR count). The van der Waals surface area contributed by atoms with E-state index >= 15 is 0 Å². The number of rotatable bonds is 1. The zero-order chi connectivity index (χ0) is 15.8. The molecule has 2 aliphatic heterocycles. The fourth-order valence-corrected chi connectivity index (χ4v) is 2.61. The van der Waals surface area contributed by atoms with E-state index in [0.29, 0.717) is 39.3 Å². The Hall–Kier alpha value is -1.74. The molecule has 0 N–H and O–H groups in total. The molecule has 3 heterocycles. The van der Waals surface area contributed by atoms with Crippen molar-refractivity contribution < 1.29 is 27.4 Å². The van der Waals surface area contributed by atoms with Crippen LogP contribution < -0.4 is 0 Å². The molecule has 6 nitrogen and oxygen atoms in total. The number of ether oxygens (including phenoxy) is 2. The molecule has 2 aliphatic rings. The number of alkyl halides is 3. The van der Waals surface area contributed by atoms with E-state index in [-0.39, 0.29) is 5.56 Å². The SMILES string of the molecule is O=C(c1cnc(C(F)(F)F)nc1)N1CCOC2(CCOC2)C1. The summed E-state index contributed by atoms with van der Waals surface area (Å²) < 4.78 is 48.3. The van der Waals surface area contributed by atoms with E-state index in [1.54, 1.807) is 4.90 Å². The Kier molecular flexibility index (Phi) is 3.77. The molecule has 120 valence electrons. The Labute approximate surface area is 124 Å². The summed E-state index contributed by atoms with van der Waals surface area (Å²) in [5, 5.41) is 0. The van der Waals surface area contributed by atoms with E-state index in [4.69, 9.17) is 9.47 Å². The van der Waals surface area contributed by atoms with Gasteiger partial charge in [0.1, 0.15) is 5.60 Å². The maximum atomic E-state index is 12.4. The van der Waals surface area contributed by atoms with Gasteiger partial charge in [0.05, 0.1) is 25.3 Å². The van der Waals surface area contributed by atoms with Crippen molar-refractivity contribution in [2.24, 2.45) is 0 Å². The summed E-state index contributed by atoms with van der Waals surface area (Å²) in [7, 11) is 0. The fraction of sp³-hybridized carbons (Fsp3) is 0.615. The maximum absolute atomic E-state index is 12.4. The molecule has 0 bridgehead atoms. The van der Waals surface area contributed by atoms with E-state index in [9.17, 15) is 18.0 Å². The van der Waals surface area contributed by atoms with Crippen molar-refractivity contribution in [1.82, 2.24) is 14.9 Å².